The Labute approximate surface area is 111 Å². The first-order valence-corrected chi connectivity index (χ1v) is 5.97. The Balaban J connectivity index is 2.78. The zero-order chi connectivity index (χ0) is 13.8. The second-order valence-corrected chi connectivity index (χ2v) is 4.79. The van der Waals surface area contributed by atoms with Crippen LogP contribution < -0.4 is 5.32 Å². The van der Waals surface area contributed by atoms with E-state index in [0.29, 0.717) is 29.2 Å². The third kappa shape index (κ3) is 3.14. The first-order chi connectivity index (χ1) is 8.42. The van der Waals surface area contributed by atoms with E-state index in [0.717, 1.165) is 0 Å². The van der Waals surface area contributed by atoms with Crippen LogP contribution in [0.5, 0.6) is 0 Å². The zero-order valence-electron chi connectivity index (χ0n) is 10.3. The third-order valence-electron chi connectivity index (χ3n) is 3.07. The van der Waals surface area contributed by atoms with Gasteiger partial charge in [-0.3, -0.25) is 4.79 Å². The van der Waals surface area contributed by atoms with Crippen LogP contribution in [0.2, 0.25) is 5.02 Å². The predicted octanol–water partition coefficient (Wildman–Crippen LogP) is 3.12. The predicted molar refractivity (Wildman–Crippen MR) is 70.7 cm³/mol. The van der Waals surface area contributed by atoms with Crippen LogP contribution in [0.3, 0.4) is 0 Å². The molecule has 0 aliphatic heterocycles. The van der Waals surface area contributed by atoms with Crippen molar-refractivity contribution in [3.63, 3.8) is 0 Å². The van der Waals surface area contributed by atoms with Crippen molar-refractivity contribution in [1.82, 2.24) is 0 Å². The van der Waals surface area contributed by atoms with E-state index in [2.05, 4.69) is 5.32 Å². The van der Waals surface area contributed by atoms with Crippen LogP contribution in [0.25, 0.3) is 0 Å². The highest BCUT2D eigenvalue weighted by Crippen LogP contribution is 2.24. The number of carbonyl (C=O) groups is 1. The molecule has 1 atom stereocenters. The first kappa shape index (κ1) is 14.3. The third-order valence-corrected chi connectivity index (χ3v) is 3.38. The van der Waals surface area contributed by atoms with Crippen molar-refractivity contribution in [2.24, 2.45) is 5.41 Å². The van der Waals surface area contributed by atoms with Gasteiger partial charge < -0.3 is 10.4 Å². The lowest BCUT2D eigenvalue weighted by Gasteiger charge is -2.23. The van der Waals surface area contributed by atoms with Crippen molar-refractivity contribution in [3.05, 3.63) is 28.8 Å². The number of carboxylic acid groups (broad SMARTS) is 1. The summed E-state index contributed by atoms with van der Waals surface area (Å²) in [7, 11) is 0. The van der Waals surface area contributed by atoms with Crippen molar-refractivity contribution in [3.8, 4) is 6.07 Å². The molecule has 2 N–H and O–H groups in total. The standard InChI is InChI=1S/C13H15ClN2O2/c1-3-13(2,12(17)18)8-16-10-5-4-9(7-15)11(14)6-10/h4-6,16H,3,8H2,1-2H3,(H,17,18). The van der Waals surface area contributed by atoms with Gasteiger partial charge in [-0.25, -0.2) is 0 Å². The number of nitrogens with one attached hydrogen (secondary N) is 1. The van der Waals surface area contributed by atoms with E-state index >= 15 is 0 Å². The molecular formula is C13H15ClN2O2. The van der Waals surface area contributed by atoms with Crippen LogP contribution in [0.4, 0.5) is 5.69 Å². The highest BCUT2D eigenvalue weighted by atomic mass is 35.5. The molecule has 1 unspecified atom stereocenters. The molecule has 0 aromatic heterocycles. The van der Waals surface area contributed by atoms with Gasteiger partial charge in [0.05, 0.1) is 16.0 Å². The fraction of sp³-hybridized carbons (Fsp3) is 0.385. The van der Waals surface area contributed by atoms with Gasteiger partial charge in [-0.05, 0) is 31.5 Å². The number of aliphatic carboxylic acids is 1. The molecular weight excluding hydrogens is 252 g/mol. The lowest BCUT2D eigenvalue weighted by Crippen LogP contribution is -2.34. The van der Waals surface area contributed by atoms with Crippen LogP contribution in [-0.2, 0) is 4.79 Å². The Bertz CT molecular complexity index is 496. The van der Waals surface area contributed by atoms with Crippen LogP contribution in [0.1, 0.15) is 25.8 Å². The smallest absolute Gasteiger partial charge is 0.311 e. The highest BCUT2D eigenvalue weighted by Gasteiger charge is 2.30. The van der Waals surface area contributed by atoms with Crippen LogP contribution >= 0.6 is 11.6 Å². The Morgan fingerprint density at radius 3 is 2.72 bits per heavy atom. The lowest BCUT2D eigenvalue weighted by atomic mass is 9.87. The van der Waals surface area contributed by atoms with Gasteiger partial charge in [-0.2, -0.15) is 5.26 Å². The molecule has 0 aliphatic rings. The molecule has 1 aromatic carbocycles. The number of halogens is 1. The zero-order valence-corrected chi connectivity index (χ0v) is 11.1. The number of benzene rings is 1. The van der Waals surface area contributed by atoms with Crippen LogP contribution in [0, 0.1) is 16.7 Å². The summed E-state index contributed by atoms with van der Waals surface area (Å²) in [5.74, 6) is -0.836. The van der Waals surface area contributed by atoms with Gasteiger partial charge >= 0.3 is 5.97 Å². The second kappa shape index (κ2) is 5.74. The van der Waals surface area contributed by atoms with Crippen LogP contribution in [0.15, 0.2) is 18.2 Å². The summed E-state index contributed by atoms with van der Waals surface area (Å²) in [5, 5.41) is 21.3. The maximum Gasteiger partial charge on any atom is 0.311 e. The van der Waals surface area contributed by atoms with E-state index in [-0.39, 0.29) is 0 Å². The van der Waals surface area contributed by atoms with E-state index in [1.54, 1.807) is 25.1 Å². The summed E-state index contributed by atoms with van der Waals surface area (Å²) in [4.78, 5) is 11.1. The molecule has 0 saturated carbocycles. The minimum absolute atomic E-state index is 0.307. The Hall–Kier alpha value is -1.73. The molecule has 18 heavy (non-hydrogen) atoms. The molecule has 0 aliphatic carbocycles. The molecule has 0 spiro atoms. The minimum Gasteiger partial charge on any atom is -0.481 e. The first-order valence-electron chi connectivity index (χ1n) is 5.60. The Morgan fingerprint density at radius 1 is 1.61 bits per heavy atom. The quantitative estimate of drug-likeness (QED) is 0.859. The number of nitriles is 1. The van der Waals surface area contributed by atoms with Gasteiger partial charge in [0.15, 0.2) is 0 Å². The molecule has 4 nitrogen and oxygen atoms in total. The average molecular weight is 267 g/mol. The van der Waals surface area contributed by atoms with E-state index in [4.69, 9.17) is 22.0 Å². The maximum absolute atomic E-state index is 11.1. The normalized spacial score (nSPS) is 13.4. The van der Waals surface area contributed by atoms with Crippen molar-refractivity contribution in [2.45, 2.75) is 20.3 Å². The molecule has 5 heteroatoms. The van der Waals surface area contributed by atoms with Gasteiger partial charge in [0, 0.05) is 12.2 Å². The number of nitrogens with zero attached hydrogens (tertiary/aromatic N) is 1. The molecule has 1 rings (SSSR count). The largest absolute Gasteiger partial charge is 0.481 e. The van der Waals surface area contributed by atoms with Crippen molar-refractivity contribution >= 4 is 23.3 Å². The summed E-state index contributed by atoms with van der Waals surface area (Å²) in [6.45, 7) is 3.83. The van der Waals surface area contributed by atoms with E-state index in [9.17, 15) is 4.79 Å². The van der Waals surface area contributed by atoms with Crippen LogP contribution in [-0.4, -0.2) is 17.6 Å². The molecule has 0 saturated heterocycles. The molecule has 0 bridgehead atoms. The average Bonchev–Trinajstić information content (AvgIpc) is 2.35. The van der Waals surface area contributed by atoms with Crippen molar-refractivity contribution in [2.75, 3.05) is 11.9 Å². The molecule has 0 amide bonds. The minimum atomic E-state index is -0.836. The molecule has 0 fully saturated rings. The summed E-state index contributed by atoms with van der Waals surface area (Å²) < 4.78 is 0. The fourth-order valence-corrected chi connectivity index (χ4v) is 1.59. The maximum atomic E-state index is 11.1. The molecule has 1 aromatic rings. The topological polar surface area (TPSA) is 73.1 Å². The monoisotopic (exact) mass is 266 g/mol. The second-order valence-electron chi connectivity index (χ2n) is 4.38. The van der Waals surface area contributed by atoms with Gasteiger partial charge in [-0.1, -0.05) is 18.5 Å². The van der Waals surface area contributed by atoms with Gasteiger partial charge in [0.2, 0.25) is 0 Å². The van der Waals surface area contributed by atoms with Gasteiger partial charge in [-0.15, -0.1) is 0 Å². The van der Waals surface area contributed by atoms with Crippen molar-refractivity contribution in [1.29, 1.82) is 5.26 Å². The summed E-state index contributed by atoms with van der Waals surface area (Å²) in [6, 6.07) is 6.91. The molecule has 96 valence electrons. The number of hydrogen-bond acceptors (Lipinski definition) is 3. The van der Waals surface area contributed by atoms with E-state index < -0.39 is 11.4 Å². The summed E-state index contributed by atoms with van der Waals surface area (Å²) in [5.41, 5.74) is 0.291. The lowest BCUT2D eigenvalue weighted by molar-refractivity contribution is -0.147. The number of hydrogen-bond donors (Lipinski definition) is 2. The summed E-state index contributed by atoms with van der Waals surface area (Å²) in [6.07, 6.45) is 0.527. The van der Waals surface area contributed by atoms with E-state index in [1.165, 1.54) is 0 Å². The fourth-order valence-electron chi connectivity index (χ4n) is 1.36. The number of anilines is 1. The Kier molecular flexibility index (Phi) is 4.57. The summed E-state index contributed by atoms with van der Waals surface area (Å²) >= 11 is 5.90. The highest BCUT2D eigenvalue weighted by molar-refractivity contribution is 6.32. The number of carboxylic acids is 1. The van der Waals surface area contributed by atoms with Crippen molar-refractivity contribution < 1.29 is 9.90 Å². The SMILES string of the molecule is CCC(C)(CNc1ccc(C#N)c(Cl)c1)C(=O)O. The van der Waals surface area contributed by atoms with Gasteiger partial charge in [0.1, 0.15) is 6.07 Å². The molecule has 0 heterocycles. The number of rotatable bonds is 5. The molecule has 0 radical (unpaired) electrons. The van der Waals surface area contributed by atoms with Gasteiger partial charge in [0.25, 0.3) is 0 Å². The Morgan fingerprint density at radius 2 is 2.28 bits per heavy atom. The van der Waals surface area contributed by atoms with E-state index in [1.807, 2.05) is 13.0 Å².